The summed E-state index contributed by atoms with van der Waals surface area (Å²) in [6, 6.07) is 0.0735. The van der Waals surface area contributed by atoms with E-state index in [2.05, 4.69) is 17.0 Å². The van der Waals surface area contributed by atoms with E-state index in [4.69, 9.17) is 0 Å². The van der Waals surface area contributed by atoms with Gasteiger partial charge in [0.05, 0.1) is 12.1 Å². The molecule has 0 unspecified atom stereocenters. The zero-order chi connectivity index (χ0) is 11.1. The molecule has 0 aliphatic heterocycles. The maximum atomic E-state index is 9.65. The fraction of sp³-hybridized carbons (Fsp3) is 0.818. The second kappa shape index (κ2) is 6.56. The molecule has 0 fully saturated rings. The molecule has 0 aliphatic rings. The first-order valence-electron chi connectivity index (χ1n) is 5.78. The second-order valence-corrected chi connectivity index (χ2v) is 4.03. The quantitative estimate of drug-likeness (QED) is 0.703. The fourth-order valence-corrected chi connectivity index (χ4v) is 1.76. The fourth-order valence-electron chi connectivity index (χ4n) is 1.76. The van der Waals surface area contributed by atoms with Crippen LogP contribution in [-0.4, -0.2) is 26.0 Å². The van der Waals surface area contributed by atoms with Crippen LogP contribution in [-0.2, 0) is 0 Å². The van der Waals surface area contributed by atoms with Crippen molar-refractivity contribution in [3.63, 3.8) is 0 Å². The molecular weight excluding hydrogens is 190 g/mol. The third-order valence-corrected chi connectivity index (χ3v) is 2.69. The highest BCUT2D eigenvalue weighted by Crippen LogP contribution is 2.18. The summed E-state index contributed by atoms with van der Waals surface area (Å²) in [5.41, 5.74) is 0. The number of unbranched alkanes of at least 4 members (excludes halogenated alkanes) is 3. The largest absolute Gasteiger partial charge is 0.391 e. The molecule has 0 saturated carbocycles. The summed E-state index contributed by atoms with van der Waals surface area (Å²) in [5, 5.41) is 13.7. The molecule has 0 spiro atoms. The first-order chi connectivity index (χ1) is 7.25. The van der Waals surface area contributed by atoms with Crippen molar-refractivity contribution in [2.45, 2.75) is 58.1 Å². The monoisotopic (exact) mass is 211 g/mol. The highest BCUT2D eigenvalue weighted by atomic mass is 16.3. The summed E-state index contributed by atoms with van der Waals surface area (Å²) < 4.78 is 1.76. The predicted molar refractivity (Wildman–Crippen MR) is 59.5 cm³/mol. The molecule has 0 amide bonds. The Balaban J connectivity index is 2.39. The van der Waals surface area contributed by atoms with Gasteiger partial charge in [-0.05, 0) is 13.3 Å². The first kappa shape index (κ1) is 12.2. The maximum absolute atomic E-state index is 9.65. The number of hydrogen-bond acceptors (Lipinski definition) is 3. The lowest BCUT2D eigenvalue weighted by atomic mass is 10.0. The van der Waals surface area contributed by atoms with Crippen LogP contribution in [0.15, 0.2) is 12.7 Å². The Morgan fingerprint density at radius 1 is 1.33 bits per heavy atom. The zero-order valence-electron chi connectivity index (χ0n) is 9.63. The highest BCUT2D eigenvalue weighted by Gasteiger charge is 2.16. The van der Waals surface area contributed by atoms with E-state index >= 15 is 0 Å². The average molecular weight is 211 g/mol. The van der Waals surface area contributed by atoms with Gasteiger partial charge in [0.1, 0.15) is 12.7 Å². The third-order valence-electron chi connectivity index (χ3n) is 2.69. The standard InChI is InChI=1S/C11H21N3O/c1-3-4-5-6-7-11(10(2)15)14-9-12-8-13-14/h8-11,15H,3-7H2,1-2H3/t10-,11-/m1/s1. The molecule has 86 valence electrons. The normalized spacial score (nSPS) is 15.1. The predicted octanol–water partition coefficient (Wildman–Crippen LogP) is 2.17. The van der Waals surface area contributed by atoms with Crippen LogP contribution in [0.1, 0.15) is 52.0 Å². The average Bonchev–Trinajstić information content (AvgIpc) is 2.70. The zero-order valence-corrected chi connectivity index (χ0v) is 9.63. The summed E-state index contributed by atoms with van der Waals surface area (Å²) >= 11 is 0. The molecule has 4 nitrogen and oxygen atoms in total. The van der Waals surface area contributed by atoms with Crippen LogP contribution in [0.5, 0.6) is 0 Å². The lowest BCUT2D eigenvalue weighted by Crippen LogP contribution is -2.21. The molecule has 0 radical (unpaired) electrons. The van der Waals surface area contributed by atoms with Crippen LogP contribution in [0.3, 0.4) is 0 Å². The van der Waals surface area contributed by atoms with E-state index in [9.17, 15) is 5.11 Å². The van der Waals surface area contributed by atoms with Gasteiger partial charge >= 0.3 is 0 Å². The molecular formula is C11H21N3O. The van der Waals surface area contributed by atoms with Gasteiger partial charge in [0.25, 0.3) is 0 Å². The molecule has 0 aliphatic carbocycles. The van der Waals surface area contributed by atoms with Gasteiger partial charge in [0, 0.05) is 0 Å². The molecule has 15 heavy (non-hydrogen) atoms. The van der Waals surface area contributed by atoms with Gasteiger partial charge in [0.2, 0.25) is 0 Å². The van der Waals surface area contributed by atoms with Gasteiger partial charge in [-0.2, -0.15) is 5.10 Å². The lowest BCUT2D eigenvalue weighted by Gasteiger charge is -2.19. The summed E-state index contributed by atoms with van der Waals surface area (Å²) in [5.74, 6) is 0. The second-order valence-electron chi connectivity index (χ2n) is 4.03. The number of hydrogen-bond donors (Lipinski definition) is 1. The number of aliphatic hydroxyl groups is 1. The van der Waals surface area contributed by atoms with E-state index in [1.54, 1.807) is 11.0 Å². The van der Waals surface area contributed by atoms with Crippen LogP contribution >= 0.6 is 0 Å². The van der Waals surface area contributed by atoms with Crippen molar-refractivity contribution in [3.8, 4) is 0 Å². The Hall–Kier alpha value is -0.900. The summed E-state index contributed by atoms with van der Waals surface area (Å²) in [4.78, 5) is 3.91. The third kappa shape index (κ3) is 4.00. The minimum absolute atomic E-state index is 0.0735. The Labute approximate surface area is 91.3 Å². The lowest BCUT2D eigenvalue weighted by molar-refractivity contribution is 0.115. The minimum Gasteiger partial charge on any atom is -0.391 e. The molecule has 0 bridgehead atoms. The van der Waals surface area contributed by atoms with Crippen molar-refractivity contribution in [3.05, 3.63) is 12.7 Å². The summed E-state index contributed by atoms with van der Waals surface area (Å²) in [6.07, 6.45) is 8.68. The number of aromatic nitrogens is 3. The number of rotatable bonds is 7. The van der Waals surface area contributed by atoms with Gasteiger partial charge in [-0.25, -0.2) is 9.67 Å². The van der Waals surface area contributed by atoms with Gasteiger partial charge in [-0.3, -0.25) is 0 Å². The molecule has 1 rings (SSSR count). The molecule has 0 aromatic carbocycles. The summed E-state index contributed by atoms with van der Waals surface area (Å²) in [7, 11) is 0. The summed E-state index contributed by atoms with van der Waals surface area (Å²) in [6.45, 7) is 4.01. The van der Waals surface area contributed by atoms with Crippen LogP contribution < -0.4 is 0 Å². The van der Waals surface area contributed by atoms with Crippen LogP contribution in [0.2, 0.25) is 0 Å². The van der Waals surface area contributed by atoms with Gasteiger partial charge in [-0.1, -0.05) is 32.6 Å². The number of nitrogens with zero attached hydrogens (tertiary/aromatic N) is 3. The van der Waals surface area contributed by atoms with Gasteiger partial charge in [0.15, 0.2) is 0 Å². The van der Waals surface area contributed by atoms with Crippen molar-refractivity contribution in [2.24, 2.45) is 0 Å². The topological polar surface area (TPSA) is 50.9 Å². The van der Waals surface area contributed by atoms with Crippen molar-refractivity contribution in [1.82, 2.24) is 14.8 Å². The van der Waals surface area contributed by atoms with E-state index in [0.717, 1.165) is 12.8 Å². The Morgan fingerprint density at radius 2 is 2.13 bits per heavy atom. The van der Waals surface area contributed by atoms with Crippen molar-refractivity contribution in [1.29, 1.82) is 0 Å². The smallest absolute Gasteiger partial charge is 0.137 e. The molecule has 1 aromatic rings. The molecule has 1 N–H and O–H groups in total. The maximum Gasteiger partial charge on any atom is 0.137 e. The van der Waals surface area contributed by atoms with Crippen LogP contribution in [0.4, 0.5) is 0 Å². The van der Waals surface area contributed by atoms with E-state index in [-0.39, 0.29) is 12.1 Å². The van der Waals surface area contributed by atoms with Crippen LogP contribution in [0.25, 0.3) is 0 Å². The van der Waals surface area contributed by atoms with E-state index in [0.29, 0.717) is 0 Å². The SMILES string of the molecule is CCCCCC[C@H]([C@@H](C)O)n1cncn1. The molecule has 4 heteroatoms. The van der Waals surface area contributed by atoms with E-state index in [1.807, 2.05) is 6.92 Å². The number of aliphatic hydroxyl groups excluding tert-OH is 1. The molecule has 0 saturated heterocycles. The van der Waals surface area contributed by atoms with Gasteiger partial charge < -0.3 is 5.11 Å². The van der Waals surface area contributed by atoms with Crippen LogP contribution in [0, 0.1) is 0 Å². The molecule has 1 heterocycles. The van der Waals surface area contributed by atoms with E-state index in [1.165, 1.54) is 25.6 Å². The van der Waals surface area contributed by atoms with Crippen molar-refractivity contribution in [2.75, 3.05) is 0 Å². The minimum atomic E-state index is -0.367. The molecule has 1 aromatic heterocycles. The molecule has 2 atom stereocenters. The Bertz CT molecular complexity index is 246. The first-order valence-corrected chi connectivity index (χ1v) is 5.78. The Morgan fingerprint density at radius 3 is 2.67 bits per heavy atom. The Kier molecular flexibility index (Phi) is 5.32. The van der Waals surface area contributed by atoms with Crippen molar-refractivity contribution < 1.29 is 5.11 Å². The van der Waals surface area contributed by atoms with E-state index < -0.39 is 0 Å². The van der Waals surface area contributed by atoms with Crippen molar-refractivity contribution >= 4 is 0 Å². The highest BCUT2D eigenvalue weighted by molar-refractivity contribution is 4.73. The van der Waals surface area contributed by atoms with Gasteiger partial charge in [-0.15, -0.1) is 0 Å².